The maximum Gasteiger partial charge on any atom is 0.188 e. The molecule has 1 rings (SSSR count). The molecule has 0 atom stereocenters. The fourth-order valence-electron chi connectivity index (χ4n) is 1.82. The van der Waals surface area contributed by atoms with Gasteiger partial charge in [-0.3, -0.25) is 4.79 Å². The van der Waals surface area contributed by atoms with Gasteiger partial charge in [-0.05, 0) is 30.0 Å². The van der Waals surface area contributed by atoms with Crippen LogP contribution in [0.2, 0.25) is 0 Å². The lowest BCUT2D eigenvalue weighted by Gasteiger charge is -2.23. The number of ether oxygens (including phenoxy) is 1. The Hall–Kier alpha value is -1.35. The van der Waals surface area contributed by atoms with E-state index in [0.717, 1.165) is 16.9 Å². The largest absolute Gasteiger partial charge is 0.496 e. The van der Waals surface area contributed by atoms with Gasteiger partial charge in [0.1, 0.15) is 12.4 Å². The van der Waals surface area contributed by atoms with Crippen molar-refractivity contribution in [2.75, 3.05) is 13.7 Å². The highest BCUT2D eigenvalue weighted by Gasteiger charge is 2.22. The van der Waals surface area contributed by atoms with Crippen molar-refractivity contribution in [3.8, 4) is 5.75 Å². The zero-order chi connectivity index (χ0) is 13.2. The molecule has 0 aromatic heterocycles. The molecule has 0 aliphatic heterocycles. The maximum absolute atomic E-state index is 11.6. The van der Waals surface area contributed by atoms with Gasteiger partial charge in [-0.1, -0.05) is 20.8 Å². The van der Waals surface area contributed by atoms with E-state index >= 15 is 0 Å². The molecule has 3 heteroatoms. The number of carbonyl (C=O) groups excluding carboxylic acids is 1. The van der Waals surface area contributed by atoms with E-state index in [0.29, 0.717) is 5.56 Å². The van der Waals surface area contributed by atoms with Crippen molar-refractivity contribution in [2.24, 2.45) is 0 Å². The number of ketones is 1. The number of methoxy groups -OCH3 is 1. The average molecular weight is 236 g/mol. The van der Waals surface area contributed by atoms with Crippen molar-refractivity contribution < 1.29 is 14.6 Å². The second-order valence-corrected chi connectivity index (χ2v) is 5.20. The van der Waals surface area contributed by atoms with Crippen molar-refractivity contribution in [1.82, 2.24) is 0 Å². The Labute approximate surface area is 102 Å². The van der Waals surface area contributed by atoms with Crippen molar-refractivity contribution in [1.29, 1.82) is 0 Å². The highest BCUT2D eigenvalue weighted by Crippen LogP contribution is 2.33. The van der Waals surface area contributed by atoms with E-state index in [1.165, 1.54) is 0 Å². The second kappa shape index (κ2) is 4.88. The van der Waals surface area contributed by atoms with Crippen LogP contribution in [0.25, 0.3) is 0 Å². The SMILES string of the molecule is COc1cc(C)c(C(=O)CO)cc1C(C)(C)C. The lowest BCUT2D eigenvalue weighted by molar-refractivity contribution is 0.0903. The summed E-state index contributed by atoms with van der Waals surface area (Å²) in [6, 6.07) is 3.68. The van der Waals surface area contributed by atoms with E-state index in [9.17, 15) is 4.79 Å². The first-order valence-electron chi connectivity index (χ1n) is 5.64. The summed E-state index contributed by atoms with van der Waals surface area (Å²) >= 11 is 0. The monoisotopic (exact) mass is 236 g/mol. The van der Waals surface area contributed by atoms with Crippen LogP contribution in [0.5, 0.6) is 5.75 Å². The third-order valence-electron chi connectivity index (χ3n) is 2.80. The molecule has 0 fully saturated rings. The predicted molar refractivity (Wildman–Crippen MR) is 67.8 cm³/mol. The number of carbonyl (C=O) groups is 1. The summed E-state index contributed by atoms with van der Waals surface area (Å²) in [7, 11) is 1.62. The van der Waals surface area contributed by atoms with E-state index in [2.05, 4.69) is 20.8 Å². The van der Waals surface area contributed by atoms with Crippen LogP contribution in [0.4, 0.5) is 0 Å². The third kappa shape index (κ3) is 2.86. The Bertz CT molecular complexity index is 428. The Kier molecular flexibility index (Phi) is 3.94. The summed E-state index contributed by atoms with van der Waals surface area (Å²) in [5, 5.41) is 8.95. The van der Waals surface area contributed by atoms with Crippen LogP contribution < -0.4 is 4.74 Å². The molecular formula is C14H20O3. The van der Waals surface area contributed by atoms with Gasteiger partial charge < -0.3 is 9.84 Å². The Morgan fingerprint density at radius 1 is 1.35 bits per heavy atom. The van der Waals surface area contributed by atoms with Crippen molar-refractivity contribution in [2.45, 2.75) is 33.1 Å². The van der Waals surface area contributed by atoms with Gasteiger partial charge in [0.25, 0.3) is 0 Å². The molecule has 0 aliphatic rings. The summed E-state index contributed by atoms with van der Waals surface area (Å²) < 4.78 is 5.35. The predicted octanol–water partition coefficient (Wildman–Crippen LogP) is 2.48. The molecule has 1 N–H and O–H groups in total. The highest BCUT2D eigenvalue weighted by molar-refractivity contribution is 5.98. The lowest BCUT2D eigenvalue weighted by Crippen LogP contribution is -2.16. The summed E-state index contributed by atoms with van der Waals surface area (Å²) in [5.74, 6) is 0.528. The first-order valence-corrected chi connectivity index (χ1v) is 5.64. The van der Waals surface area contributed by atoms with Crippen LogP contribution in [0.1, 0.15) is 42.3 Å². The number of aliphatic hydroxyl groups excluding tert-OH is 1. The van der Waals surface area contributed by atoms with Gasteiger partial charge in [-0.15, -0.1) is 0 Å². The van der Waals surface area contributed by atoms with E-state index in [1.807, 2.05) is 19.1 Å². The molecule has 0 aliphatic carbocycles. The fraction of sp³-hybridized carbons (Fsp3) is 0.500. The highest BCUT2D eigenvalue weighted by atomic mass is 16.5. The van der Waals surface area contributed by atoms with E-state index in [1.54, 1.807) is 7.11 Å². The summed E-state index contributed by atoms with van der Waals surface area (Å²) in [6.45, 7) is 7.57. The molecule has 0 amide bonds. The number of aryl methyl sites for hydroxylation is 1. The Morgan fingerprint density at radius 3 is 2.35 bits per heavy atom. The third-order valence-corrected chi connectivity index (χ3v) is 2.80. The molecule has 0 unspecified atom stereocenters. The molecule has 0 radical (unpaired) electrons. The summed E-state index contributed by atoms with van der Waals surface area (Å²) in [5.41, 5.74) is 2.26. The van der Waals surface area contributed by atoms with Gasteiger partial charge in [0.15, 0.2) is 5.78 Å². The average Bonchev–Trinajstić information content (AvgIpc) is 2.25. The Balaban J connectivity index is 3.43. The number of Topliss-reactive ketones (excluding diaryl/α,β-unsaturated/α-hetero) is 1. The van der Waals surface area contributed by atoms with Crippen LogP contribution in [-0.2, 0) is 5.41 Å². The Morgan fingerprint density at radius 2 is 1.94 bits per heavy atom. The van der Waals surface area contributed by atoms with Crippen molar-refractivity contribution in [3.05, 3.63) is 28.8 Å². The molecule has 1 aromatic rings. The molecule has 0 bridgehead atoms. The van der Waals surface area contributed by atoms with Gasteiger partial charge >= 0.3 is 0 Å². The first kappa shape index (κ1) is 13.7. The lowest BCUT2D eigenvalue weighted by atomic mass is 9.84. The van der Waals surface area contributed by atoms with Gasteiger partial charge in [-0.25, -0.2) is 0 Å². The minimum Gasteiger partial charge on any atom is -0.496 e. The maximum atomic E-state index is 11.6. The molecule has 94 valence electrons. The molecule has 0 heterocycles. The van der Waals surface area contributed by atoms with Crippen molar-refractivity contribution >= 4 is 5.78 Å². The zero-order valence-corrected chi connectivity index (χ0v) is 11.1. The molecular weight excluding hydrogens is 216 g/mol. The van der Waals surface area contributed by atoms with E-state index < -0.39 is 6.61 Å². The molecule has 0 saturated carbocycles. The minimum absolute atomic E-state index is 0.108. The zero-order valence-electron chi connectivity index (χ0n) is 11.1. The molecule has 0 spiro atoms. The molecule has 3 nitrogen and oxygen atoms in total. The van der Waals surface area contributed by atoms with E-state index in [4.69, 9.17) is 9.84 Å². The van der Waals surface area contributed by atoms with Gasteiger partial charge in [0.2, 0.25) is 0 Å². The van der Waals surface area contributed by atoms with E-state index in [-0.39, 0.29) is 11.2 Å². The molecule has 0 saturated heterocycles. The van der Waals surface area contributed by atoms with Crippen LogP contribution in [0.15, 0.2) is 12.1 Å². The fourth-order valence-corrected chi connectivity index (χ4v) is 1.82. The summed E-state index contributed by atoms with van der Waals surface area (Å²) in [6.07, 6.45) is 0. The normalized spacial score (nSPS) is 11.4. The van der Waals surface area contributed by atoms with Crippen LogP contribution in [0.3, 0.4) is 0 Å². The van der Waals surface area contributed by atoms with Crippen molar-refractivity contribution in [3.63, 3.8) is 0 Å². The smallest absolute Gasteiger partial charge is 0.188 e. The first-order chi connectivity index (χ1) is 7.81. The van der Waals surface area contributed by atoms with Crippen LogP contribution in [-0.4, -0.2) is 24.6 Å². The summed E-state index contributed by atoms with van der Waals surface area (Å²) in [4.78, 5) is 11.6. The van der Waals surface area contributed by atoms with Gasteiger partial charge in [0.05, 0.1) is 7.11 Å². The van der Waals surface area contributed by atoms with Gasteiger partial charge in [-0.2, -0.15) is 0 Å². The number of aliphatic hydroxyl groups is 1. The van der Waals surface area contributed by atoms with Crippen LogP contribution >= 0.6 is 0 Å². The van der Waals surface area contributed by atoms with Gasteiger partial charge in [0, 0.05) is 11.1 Å². The number of benzene rings is 1. The van der Waals surface area contributed by atoms with Crippen LogP contribution in [0, 0.1) is 6.92 Å². The number of hydrogen-bond acceptors (Lipinski definition) is 3. The number of hydrogen-bond donors (Lipinski definition) is 1. The quantitative estimate of drug-likeness (QED) is 0.820. The number of rotatable bonds is 3. The molecule has 17 heavy (non-hydrogen) atoms. The minimum atomic E-state index is -0.462. The second-order valence-electron chi connectivity index (χ2n) is 5.20. The molecule has 1 aromatic carbocycles. The topological polar surface area (TPSA) is 46.5 Å². The standard InChI is InChI=1S/C14H20O3/c1-9-6-13(17-5)11(14(2,3)4)7-10(9)12(16)8-15/h6-7,15H,8H2,1-5H3.